The van der Waals surface area contributed by atoms with Crippen LogP contribution < -0.4 is 0 Å². The van der Waals surface area contributed by atoms with Gasteiger partial charge in [0.2, 0.25) is 5.91 Å². The molecule has 0 unspecified atom stereocenters. The molecule has 1 rings (SSSR count). The summed E-state index contributed by atoms with van der Waals surface area (Å²) in [5.41, 5.74) is 2.71. The molecule has 0 N–H and O–H groups in total. The molecule has 1 aromatic rings. The minimum absolute atomic E-state index is 0.107. The van der Waals surface area contributed by atoms with E-state index in [1.807, 2.05) is 31.2 Å². The predicted octanol–water partition coefficient (Wildman–Crippen LogP) is 4.83. The van der Waals surface area contributed by atoms with Crippen molar-refractivity contribution in [3.05, 3.63) is 42.0 Å². The first kappa shape index (κ1) is 17.4. The van der Waals surface area contributed by atoms with Gasteiger partial charge < -0.3 is 4.90 Å². The van der Waals surface area contributed by atoms with Crippen molar-refractivity contribution in [2.24, 2.45) is 0 Å². The highest BCUT2D eigenvalue weighted by Crippen LogP contribution is 2.36. The lowest BCUT2D eigenvalue weighted by Gasteiger charge is -2.18. The van der Waals surface area contributed by atoms with Gasteiger partial charge in [-0.3, -0.25) is 4.79 Å². The summed E-state index contributed by atoms with van der Waals surface area (Å²) in [6, 6.07) is 7.77. The lowest BCUT2D eigenvalue weighted by molar-refractivity contribution is -0.130. The van der Waals surface area contributed by atoms with Crippen LogP contribution in [0, 0.1) is 0 Å². The Morgan fingerprint density at radius 2 is 2.00 bits per heavy atom. The van der Waals surface area contributed by atoms with Gasteiger partial charge in [-0.2, -0.15) is 0 Å². The molecule has 0 radical (unpaired) electrons. The van der Waals surface area contributed by atoms with Crippen LogP contribution in [-0.4, -0.2) is 21.6 Å². The Morgan fingerprint density at radius 3 is 2.55 bits per heavy atom. The Balaban J connectivity index is 2.81. The van der Waals surface area contributed by atoms with Crippen LogP contribution in [0.15, 0.2) is 30.8 Å². The molecule has 0 aromatic heterocycles. The van der Waals surface area contributed by atoms with Crippen LogP contribution in [-0.2, 0) is 11.3 Å². The molecular weight excluding hydrogens is 317 g/mol. The van der Waals surface area contributed by atoms with E-state index in [9.17, 15) is 4.79 Å². The fourth-order valence-electron chi connectivity index (χ4n) is 1.87. The lowest BCUT2D eigenvalue weighted by atomic mass is 10.0. The summed E-state index contributed by atoms with van der Waals surface area (Å²) < 4.78 is -1.35. The van der Waals surface area contributed by atoms with E-state index in [1.54, 1.807) is 11.9 Å². The first-order valence-corrected chi connectivity index (χ1v) is 7.44. The number of hydrogen-bond donors (Lipinski definition) is 0. The van der Waals surface area contributed by atoms with E-state index in [1.165, 1.54) is 0 Å². The number of rotatable bonds is 5. The van der Waals surface area contributed by atoms with Gasteiger partial charge in [-0.05, 0) is 22.8 Å². The molecule has 1 aromatic carbocycles. The van der Waals surface area contributed by atoms with E-state index in [0.29, 0.717) is 13.0 Å². The van der Waals surface area contributed by atoms with Gasteiger partial charge >= 0.3 is 0 Å². The first-order valence-electron chi connectivity index (χ1n) is 6.30. The summed E-state index contributed by atoms with van der Waals surface area (Å²) in [5, 5.41) is 0. The second kappa shape index (κ2) is 7.35. The van der Waals surface area contributed by atoms with Gasteiger partial charge in [-0.25, -0.2) is 0 Å². The normalized spacial score (nSPS) is 11.2. The number of hydrogen-bond acceptors (Lipinski definition) is 1. The minimum atomic E-state index is -1.35. The molecule has 0 aliphatic heterocycles. The fourth-order valence-corrected chi connectivity index (χ4v) is 2.35. The maximum absolute atomic E-state index is 11.6. The third-order valence-electron chi connectivity index (χ3n) is 2.90. The zero-order valence-corrected chi connectivity index (χ0v) is 13.9. The number of nitrogens with zero attached hydrogens (tertiary/aromatic N) is 1. The number of benzene rings is 1. The van der Waals surface area contributed by atoms with Crippen molar-refractivity contribution in [2.45, 2.75) is 30.1 Å². The molecule has 0 aliphatic carbocycles. The number of carbonyl (C=O) groups excluding carboxylic acids is 1. The molecule has 0 bridgehead atoms. The molecule has 1 amide bonds. The quantitative estimate of drug-likeness (QED) is 0.706. The maximum Gasteiger partial charge on any atom is 0.222 e. The summed E-state index contributed by atoms with van der Waals surface area (Å²) in [5.74, 6) is 0.107. The average molecular weight is 335 g/mol. The van der Waals surface area contributed by atoms with E-state index in [-0.39, 0.29) is 12.3 Å². The van der Waals surface area contributed by atoms with E-state index < -0.39 is 3.79 Å². The van der Waals surface area contributed by atoms with Gasteiger partial charge in [0.05, 0.1) is 0 Å². The standard InChI is InChI=1S/C15H18Cl3NO/c1-4-14(20)19(3)10-12-6-5-7-13(8-12)11(2)9-15(16,17)18/h5-8H,2,4,9-10H2,1,3H3. The van der Waals surface area contributed by atoms with Crippen LogP contribution in [0.5, 0.6) is 0 Å². The van der Waals surface area contributed by atoms with E-state index in [0.717, 1.165) is 16.7 Å². The molecule has 0 spiro atoms. The molecular formula is C15H18Cl3NO. The molecule has 0 saturated carbocycles. The smallest absolute Gasteiger partial charge is 0.222 e. The maximum atomic E-state index is 11.6. The van der Waals surface area contributed by atoms with Gasteiger partial charge in [-0.1, -0.05) is 66.5 Å². The van der Waals surface area contributed by atoms with Gasteiger partial charge in [0.1, 0.15) is 0 Å². The number of halogens is 3. The van der Waals surface area contributed by atoms with Crippen molar-refractivity contribution in [3.63, 3.8) is 0 Å². The predicted molar refractivity (Wildman–Crippen MR) is 87.1 cm³/mol. The third kappa shape index (κ3) is 5.74. The Hall–Kier alpha value is -0.700. The molecule has 0 aliphatic rings. The number of allylic oxidation sites excluding steroid dienone is 1. The number of alkyl halides is 3. The summed E-state index contributed by atoms with van der Waals surface area (Å²) >= 11 is 17.3. The van der Waals surface area contributed by atoms with Gasteiger partial charge in [0.25, 0.3) is 0 Å². The van der Waals surface area contributed by atoms with Crippen molar-refractivity contribution >= 4 is 46.3 Å². The summed E-state index contributed by atoms with van der Waals surface area (Å²) in [6.07, 6.45) is 0.765. The monoisotopic (exact) mass is 333 g/mol. The highest BCUT2D eigenvalue weighted by atomic mass is 35.6. The Kier molecular flexibility index (Phi) is 6.38. The largest absolute Gasteiger partial charge is 0.341 e. The van der Waals surface area contributed by atoms with E-state index in [2.05, 4.69) is 6.58 Å². The highest BCUT2D eigenvalue weighted by Gasteiger charge is 2.21. The van der Waals surface area contributed by atoms with Gasteiger partial charge in [-0.15, -0.1) is 0 Å². The van der Waals surface area contributed by atoms with Gasteiger partial charge in [0, 0.05) is 26.4 Å². The Labute approximate surface area is 135 Å². The molecule has 5 heteroatoms. The molecule has 0 fully saturated rings. The summed E-state index contributed by atoms with van der Waals surface area (Å²) in [6.45, 7) is 6.35. The average Bonchev–Trinajstić information content (AvgIpc) is 2.36. The van der Waals surface area contributed by atoms with Crippen LogP contribution in [0.3, 0.4) is 0 Å². The van der Waals surface area contributed by atoms with Crippen LogP contribution in [0.4, 0.5) is 0 Å². The third-order valence-corrected chi connectivity index (χ3v) is 3.30. The minimum Gasteiger partial charge on any atom is -0.341 e. The van der Waals surface area contributed by atoms with Crippen molar-refractivity contribution in [3.8, 4) is 0 Å². The van der Waals surface area contributed by atoms with Crippen molar-refractivity contribution in [1.29, 1.82) is 0 Å². The first-order chi connectivity index (χ1) is 9.23. The Morgan fingerprint density at radius 1 is 1.35 bits per heavy atom. The number of carbonyl (C=O) groups is 1. The van der Waals surface area contributed by atoms with Crippen molar-refractivity contribution in [2.75, 3.05) is 7.05 Å². The molecule has 0 saturated heterocycles. The second-order valence-electron chi connectivity index (χ2n) is 4.70. The summed E-state index contributed by atoms with van der Waals surface area (Å²) in [4.78, 5) is 13.3. The molecule has 0 atom stereocenters. The number of amides is 1. The SMILES string of the molecule is C=C(CC(Cl)(Cl)Cl)c1cccc(CN(C)C(=O)CC)c1. The summed E-state index contributed by atoms with van der Waals surface area (Å²) in [7, 11) is 1.79. The fraction of sp³-hybridized carbons (Fsp3) is 0.400. The molecule has 2 nitrogen and oxygen atoms in total. The second-order valence-corrected chi connectivity index (χ2v) is 7.22. The molecule has 20 heavy (non-hydrogen) atoms. The lowest BCUT2D eigenvalue weighted by Crippen LogP contribution is -2.25. The van der Waals surface area contributed by atoms with Crippen molar-refractivity contribution in [1.82, 2.24) is 4.90 Å². The Bertz CT molecular complexity index is 494. The van der Waals surface area contributed by atoms with Crippen LogP contribution in [0.2, 0.25) is 0 Å². The van der Waals surface area contributed by atoms with Gasteiger partial charge in [0.15, 0.2) is 3.79 Å². The highest BCUT2D eigenvalue weighted by molar-refractivity contribution is 6.67. The van der Waals surface area contributed by atoms with E-state index in [4.69, 9.17) is 34.8 Å². The zero-order chi connectivity index (χ0) is 15.3. The molecule has 110 valence electrons. The van der Waals surface area contributed by atoms with Crippen LogP contribution in [0.25, 0.3) is 5.57 Å². The zero-order valence-electron chi connectivity index (χ0n) is 11.6. The molecule has 0 heterocycles. The van der Waals surface area contributed by atoms with Crippen molar-refractivity contribution < 1.29 is 4.79 Å². The van der Waals surface area contributed by atoms with Crippen LogP contribution in [0.1, 0.15) is 30.9 Å². The van der Waals surface area contributed by atoms with Crippen LogP contribution >= 0.6 is 34.8 Å². The van der Waals surface area contributed by atoms with E-state index >= 15 is 0 Å². The topological polar surface area (TPSA) is 20.3 Å².